The number of carbonyl (C=O) groups is 2. The fraction of sp³-hybridized carbons (Fsp3) is 0.316. The molecule has 2 fully saturated rings. The van der Waals surface area contributed by atoms with E-state index in [1.54, 1.807) is 48.2 Å². The van der Waals surface area contributed by atoms with Crippen molar-refractivity contribution in [2.24, 2.45) is 0 Å². The van der Waals surface area contributed by atoms with Gasteiger partial charge in [0.2, 0.25) is 23.4 Å². The zero-order valence-corrected chi connectivity index (χ0v) is 28.6. The summed E-state index contributed by atoms with van der Waals surface area (Å²) in [5.41, 5.74) is 2.53. The Balaban J connectivity index is 0.000000162. The first-order valence-electron chi connectivity index (χ1n) is 17.1. The number of rotatable bonds is 6. The van der Waals surface area contributed by atoms with Crippen molar-refractivity contribution in [3.63, 3.8) is 0 Å². The van der Waals surface area contributed by atoms with Crippen molar-refractivity contribution in [1.82, 2.24) is 30.1 Å². The lowest BCUT2D eigenvalue weighted by Crippen LogP contribution is -2.39. The fourth-order valence-corrected chi connectivity index (χ4v) is 6.54. The summed E-state index contributed by atoms with van der Waals surface area (Å²) in [6.45, 7) is 6.06. The van der Waals surface area contributed by atoms with Gasteiger partial charge in [-0.1, -0.05) is 10.3 Å². The molecule has 4 aromatic heterocycles. The summed E-state index contributed by atoms with van der Waals surface area (Å²) in [5.74, 6) is 2.48. The Hall–Kier alpha value is -5.92. The number of halogens is 2. The van der Waals surface area contributed by atoms with Crippen LogP contribution in [-0.4, -0.2) is 68.1 Å². The van der Waals surface area contributed by atoms with Crippen LogP contribution in [0.1, 0.15) is 81.5 Å². The first-order valence-corrected chi connectivity index (χ1v) is 17.1. The van der Waals surface area contributed by atoms with Crippen LogP contribution < -0.4 is 0 Å². The van der Waals surface area contributed by atoms with Gasteiger partial charge in [-0.25, -0.2) is 8.78 Å². The maximum Gasteiger partial charge on any atom is 0.257 e. The molecule has 2 aliphatic rings. The molecular formula is C38H36F2N6O6. The molecule has 268 valence electrons. The van der Waals surface area contributed by atoms with Gasteiger partial charge in [-0.2, -0.15) is 9.97 Å². The van der Waals surface area contributed by atoms with Gasteiger partial charge in [0.05, 0.1) is 29.2 Å². The second kappa shape index (κ2) is 15.1. The van der Waals surface area contributed by atoms with Crippen LogP contribution in [0.15, 0.2) is 91.1 Å². The molecule has 0 saturated carbocycles. The molecule has 2 amide bonds. The van der Waals surface area contributed by atoms with Crippen molar-refractivity contribution in [2.75, 3.05) is 26.2 Å². The normalized spacial score (nSPS) is 17.5. The number of aryl methyl sites for hydroxylation is 2. The molecule has 0 N–H and O–H groups in total. The van der Waals surface area contributed by atoms with Crippen LogP contribution in [0.3, 0.4) is 0 Å². The van der Waals surface area contributed by atoms with E-state index < -0.39 is 0 Å². The number of furan rings is 2. The number of benzene rings is 2. The minimum atomic E-state index is -0.312. The molecule has 2 atom stereocenters. The molecule has 0 bridgehead atoms. The molecule has 6 aromatic rings. The molecule has 52 heavy (non-hydrogen) atoms. The van der Waals surface area contributed by atoms with Crippen LogP contribution in [0.25, 0.3) is 22.8 Å². The largest absolute Gasteiger partial charge is 0.472 e. The Labute approximate surface area is 297 Å². The van der Waals surface area contributed by atoms with E-state index in [9.17, 15) is 18.4 Å². The van der Waals surface area contributed by atoms with Gasteiger partial charge in [0.25, 0.3) is 11.8 Å². The highest BCUT2D eigenvalue weighted by atomic mass is 19.1. The highest BCUT2D eigenvalue weighted by Gasteiger charge is 2.31. The van der Waals surface area contributed by atoms with Crippen LogP contribution in [0.4, 0.5) is 8.78 Å². The molecule has 0 radical (unpaired) electrons. The Kier molecular flexibility index (Phi) is 10.0. The zero-order valence-electron chi connectivity index (χ0n) is 28.6. The number of carbonyl (C=O) groups excluding carboxylic acids is 2. The van der Waals surface area contributed by atoms with Crippen LogP contribution in [-0.2, 0) is 0 Å². The maximum atomic E-state index is 13.1. The molecule has 14 heteroatoms. The second-order valence-corrected chi connectivity index (χ2v) is 12.9. The predicted octanol–water partition coefficient (Wildman–Crippen LogP) is 7.59. The van der Waals surface area contributed by atoms with Crippen LogP contribution in [0.2, 0.25) is 0 Å². The standard InChI is InChI=1S/C20H20FN3O3.C18H16FN3O3/c1-12-10-17(13(2)26-12)20(25)24-9-3-4-15(11-24)19-22-18(23-27-19)14-5-7-16(21)8-6-14;19-15-5-3-12(4-6-15)16-20-17(25-21-16)13-2-1-8-22(10-13)18(23)14-7-9-24-11-14/h5-8,10,15H,3-4,9,11H2,1-2H3;3-7,9,11,13H,1-2,8,10H2/t15-;13-/m00/s1. The predicted molar refractivity (Wildman–Crippen MR) is 182 cm³/mol. The zero-order chi connectivity index (χ0) is 36.2. The molecule has 2 aliphatic heterocycles. The van der Waals surface area contributed by atoms with Crippen LogP contribution in [0.5, 0.6) is 0 Å². The van der Waals surface area contributed by atoms with Gasteiger partial charge < -0.3 is 27.7 Å². The summed E-state index contributed by atoms with van der Waals surface area (Å²) in [7, 11) is 0. The average Bonchev–Trinajstić information content (AvgIpc) is 4.01. The Morgan fingerprint density at radius 3 is 1.71 bits per heavy atom. The quantitative estimate of drug-likeness (QED) is 0.169. The lowest BCUT2D eigenvalue weighted by atomic mass is 9.97. The Bertz CT molecular complexity index is 2120. The van der Waals surface area contributed by atoms with E-state index in [0.29, 0.717) is 77.6 Å². The third-order valence-corrected chi connectivity index (χ3v) is 9.24. The van der Waals surface area contributed by atoms with E-state index in [-0.39, 0.29) is 35.3 Å². The lowest BCUT2D eigenvalue weighted by Gasteiger charge is -2.30. The van der Waals surface area contributed by atoms with Crippen LogP contribution >= 0.6 is 0 Å². The monoisotopic (exact) mass is 710 g/mol. The number of likely N-dealkylation sites (tertiary alicyclic amines) is 2. The van der Waals surface area contributed by atoms with Crippen molar-refractivity contribution < 1.29 is 36.3 Å². The topological polar surface area (TPSA) is 145 Å². The van der Waals surface area contributed by atoms with Crippen molar-refractivity contribution in [3.8, 4) is 22.8 Å². The number of nitrogens with zero attached hydrogens (tertiary/aromatic N) is 6. The number of piperidine rings is 2. The van der Waals surface area contributed by atoms with Gasteiger partial charge in [-0.3, -0.25) is 9.59 Å². The van der Waals surface area contributed by atoms with Gasteiger partial charge in [0, 0.05) is 37.3 Å². The summed E-state index contributed by atoms with van der Waals surface area (Å²) in [6.07, 6.45) is 6.41. The lowest BCUT2D eigenvalue weighted by molar-refractivity contribution is 0.0687. The van der Waals surface area contributed by atoms with E-state index in [1.807, 2.05) is 11.8 Å². The SMILES string of the molecule is Cc1cc(C(=O)N2CCC[C@H](c3nc(-c4ccc(F)cc4)no3)C2)c(C)o1.O=C(c1ccoc1)N1CCC[C@H](c2nc(-c3ccc(F)cc3)no2)C1. The average molecular weight is 711 g/mol. The summed E-state index contributed by atoms with van der Waals surface area (Å²) in [5, 5.41) is 7.99. The molecule has 0 spiro atoms. The van der Waals surface area contributed by atoms with Crippen molar-refractivity contribution in [1.29, 1.82) is 0 Å². The first-order chi connectivity index (χ1) is 25.2. The molecule has 6 heterocycles. The highest BCUT2D eigenvalue weighted by molar-refractivity contribution is 5.95. The van der Waals surface area contributed by atoms with Crippen LogP contribution in [0, 0.1) is 25.5 Å². The molecule has 2 aromatic carbocycles. The number of hydrogen-bond acceptors (Lipinski definition) is 10. The molecule has 8 rings (SSSR count). The summed E-state index contributed by atoms with van der Waals surface area (Å²) in [4.78, 5) is 37.8. The van der Waals surface area contributed by atoms with E-state index in [2.05, 4.69) is 20.3 Å². The van der Waals surface area contributed by atoms with Gasteiger partial charge >= 0.3 is 0 Å². The summed E-state index contributed by atoms with van der Waals surface area (Å²) in [6, 6.07) is 15.3. The fourth-order valence-electron chi connectivity index (χ4n) is 6.54. The third kappa shape index (κ3) is 7.70. The molecule has 0 aliphatic carbocycles. The van der Waals surface area contributed by atoms with E-state index in [0.717, 1.165) is 31.4 Å². The van der Waals surface area contributed by atoms with Crippen molar-refractivity contribution in [3.05, 3.63) is 119 Å². The van der Waals surface area contributed by atoms with E-state index >= 15 is 0 Å². The minimum absolute atomic E-state index is 0.00806. The van der Waals surface area contributed by atoms with Crippen molar-refractivity contribution >= 4 is 11.8 Å². The maximum absolute atomic E-state index is 13.1. The highest BCUT2D eigenvalue weighted by Crippen LogP contribution is 2.30. The number of hydrogen-bond donors (Lipinski definition) is 0. The Morgan fingerprint density at radius 1 is 0.731 bits per heavy atom. The summed E-state index contributed by atoms with van der Waals surface area (Å²) >= 11 is 0. The van der Waals surface area contributed by atoms with Crippen molar-refractivity contribution in [2.45, 2.75) is 51.4 Å². The van der Waals surface area contributed by atoms with E-state index in [4.69, 9.17) is 17.9 Å². The Morgan fingerprint density at radius 2 is 1.25 bits per heavy atom. The molecule has 0 unspecified atom stereocenters. The van der Waals surface area contributed by atoms with Gasteiger partial charge in [-0.15, -0.1) is 0 Å². The smallest absolute Gasteiger partial charge is 0.257 e. The minimum Gasteiger partial charge on any atom is -0.472 e. The number of aromatic nitrogens is 4. The number of amides is 2. The van der Waals surface area contributed by atoms with Gasteiger partial charge in [0.1, 0.15) is 29.4 Å². The van der Waals surface area contributed by atoms with E-state index in [1.165, 1.54) is 36.8 Å². The van der Waals surface area contributed by atoms with Gasteiger partial charge in [0.15, 0.2) is 0 Å². The third-order valence-electron chi connectivity index (χ3n) is 9.24. The first kappa shape index (κ1) is 34.5. The molecule has 12 nitrogen and oxygen atoms in total. The van der Waals surface area contributed by atoms with Gasteiger partial charge in [-0.05, 0) is 100 Å². The second-order valence-electron chi connectivity index (χ2n) is 12.9. The molecule has 2 saturated heterocycles. The molecular weight excluding hydrogens is 674 g/mol. The summed E-state index contributed by atoms with van der Waals surface area (Å²) < 4.78 is 47.4.